The second-order valence-electron chi connectivity index (χ2n) is 2.31. The van der Waals surface area contributed by atoms with Crippen LogP contribution in [0.5, 0.6) is 0 Å². The fraction of sp³-hybridized carbons (Fsp3) is 0.667. The van der Waals surface area contributed by atoms with Crippen molar-refractivity contribution in [3.8, 4) is 0 Å². The Morgan fingerprint density at radius 2 is 2.45 bits per heavy atom. The van der Waals surface area contributed by atoms with Crippen molar-refractivity contribution in [1.82, 2.24) is 5.32 Å². The minimum absolute atomic E-state index is 0.111. The van der Waals surface area contributed by atoms with Crippen molar-refractivity contribution in [3.05, 3.63) is 0 Å². The lowest BCUT2D eigenvalue weighted by atomic mass is 10.2. The summed E-state index contributed by atoms with van der Waals surface area (Å²) in [5.74, 6) is -0.949. The van der Waals surface area contributed by atoms with Crippen LogP contribution in [0.15, 0.2) is 0 Å². The van der Waals surface area contributed by atoms with E-state index < -0.39 is 12.0 Å². The van der Waals surface area contributed by atoms with Crippen LogP contribution in [0.25, 0.3) is 0 Å². The van der Waals surface area contributed by atoms with Gasteiger partial charge in [0.15, 0.2) is 0 Å². The van der Waals surface area contributed by atoms with Crippen molar-refractivity contribution >= 4 is 23.0 Å². The van der Waals surface area contributed by atoms with Gasteiger partial charge in [0.2, 0.25) is 0 Å². The van der Waals surface area contributed by atoms with Gasteiger partial charge in [0.05, 0.1) is 0 Å². The van der Waals surface area contributed by atoms with Gasteiger partial charge in [-0.1, -0.05) is 18.7 Å². The molecule has 0 spiro atoms. The number of thioether (sulfide) groups is 1. The molecule has 0 radical (unpaired) electrons. The van der Waals surface area contributed by atoms with E-state index in [2.05, 4.69) is 5.32 Å². The molecule has 5 heteroatoms. The standard InChI is InChI=1S/C6H9NO3S/c1-2-3-4(5(8)9)7-6(10)11-3/h3-4H,2H2,1H3,(H,7,10)(H,8,9)/t3?,4-/m0/s1. The van der Waals surface area contributed by atoms with Crippen LogP contribution in [0.4, 0.5) is 4.79 Å². The van der Waals surface area contributed by atoms with E-state index in [0.29, 0.717) is 6.42 Å². The number of hydrogen-bond acceptors (Lipinski definition) is 3. The zero-order valence-electron chi connectivity index (χ0n) is 6.03. The van der Waals surface area contributed by atoms with Gasteiger partial charge < -0.3 is 10.4 Å². The zero-order chi connectivity index (χ0) is 8.43. The number of carbonyl (C=O) groups is 2. The van der Waals surface area contributed by atoms with Gasteiger partial charge in [0.25, 0.3) is 5.24 Å². The topological polar surface area (TPSA) is 66.4 Å². The van der Waals surface area contributed by atoms with Gasteiger partial charge in [-0.05, 0) is 6.42 Å². The fourth-order valence-electron chi connectivity index (χ4n) is 0.999. The van der Waals surface area contributed by atoms with E-state index in [4.69, 9.17) is 5.11 Å². The van der Waals surface area contributed by atoms with Gasteiger partial charge in [-0.2, -0.15) is 0 Å². The summed E-state index contributed by atoms with van der Waals surface area (Å²) in [7, 11) is 0. The maximum absolute atomic E-state index is 10.7. The Kier molecular flexibility index (Phi) is 2.38. The summed E-state index contributed by atoms with van der Waals surface area (Å²) in [6, 6.07) is -0.697. The molecule has 0 aromatic rings. The highest BCUT2D eigenvalue weighted by atomic mass is 32.2. The predicted octanol–water partition coefficient (Wildman–Crippen LogP) is 0.675. The SMILES string of the molecule is CCC1SC(=O)N[C@@H]1C(=O)O. The van der Waals surface area contributed by atoms with E-state index >= 15 is 0 Å². The maximum Gasteiger partial charge on any atom is 0.327 e. The number of rotatable bonds is 2. The average Bonchev–Trinajstić information content (AvgIpc) is 2.30. The third-order valence-electron chi connectivity index (χ3n) is 1.57. The Hall–Kier alpha value is -0.710. The molecule has 62 valence electrons. The fourth-order valence-corrected chi connectivity index (χ4v) is 1.96. The molecule has 0 aromatic heterocycles. The molecule has 1 fully saturated rings. The molecule has 0 bridgehead atoms. The van der Waals surface area contributed by atoms with Crippen LogP contribution in [0, 0.1) is 0 Å². The predicted molar refractivity (Wildman–Crippen MR) is 41.6 cm³/mol. The molecular weight excluding hydrogens is 166 g/mol. The summed E-state index contributed by atoms with van der Waals surface area (Å²) < 4.78 is 0. The van der Waals surface area contributed by atoms with Crippen molar-refractivity contribution in [3.63, 3.8) is 0 Å². The Labute approximate surface area is 68.3 Å². The normalized spacial score (nSPS) is 30.1. The van der Waals surface area contributed by atoms with Crippen LogP contribution in [-0.2, 0) is 4.79 Å². The van der Waals surface area contributed by atoms with Crippen LogP contribution < -0.4 is 5.32 Å². The summed E-state index contributed by atoms with van der Waals surface area (Å²) in [6.07, 6.45) is 0.695. The molecule has 1 unspecified atom stereocenters. The summed E-state index contributed by atoms with van der Waals surface area (Å²) in [5, 5.41) is 10.6. The lowest BCUT2D eigenvalue weighted by Crippen LogP contribution is -2.38. The van der Waals surface area contributed by atoms with Gasteiger partial charge in [0.1, 0.15) is 6.04 Å². The highest BCUT2D eigenvalue weighted by Crippen LogP contribution is 2.25. The van der Waals surface area contributed by atoms with Crippen molar-refractivity contribution < 1.29 is 14.7 Å². The molecule has 11 heavy (non-hydrogen) atoms. The number of carboxylic acid groups (broad SMARTS) is 1. The molecule has 1 amide bonds. The number of carboxylic acids is 1. The van der Waals surface area contributed by atoms with Gasteiger partial charge in [-0.25, -0.2) is 4.79 Å². The molecule has 4 nitrogen and oxygen atoms in total. The van der Waals surface area contributed by atoms with E-state index in [1.807, 2.05) is 6.92 Å². The maximum atomic E-state index is 10.7. The average molecular weight is 175 g/mol. The molecule has 1 heterocycles. The second kappa shape index (κ2) is 3.13. The molecule has 1 rings (SSSR count). The monoisotopic (exact) mass is 175 g/mol. The van der Waals surface area contributed by atoms with E-state index in [1.54, 1.807) is 0 Å². The van der Waals surface area contributed by atoms with Crippen molar-refractivity contribution in [1.29, 1.82) is 0 Å². The highest BCUT2D eigenvalue weighted by molar-refractivity contribution is 8.14. The number of amides is 1. The summed E-state index contributed by atoms with van der Waals surface area (Å²) >= 11 is 1.07. The molecule has 0 aliphatic carbocycles. The zero-order valence-corrected chi connectivity index (χ0v) is 6.85. The van der Waals surface area contributed by atoms with E-state index in [-0.39, 0.29) is 10.5 Å². The molecule has 0 saturated carbocycles. The van der Waals surface area contributed by atoms with Gasteiger partial charge in [-0.3, -0.25) is 4.79 Å². The van der Waals surface area contributed by atoms with Gasteiger partial charge in [-0.15, -0.1) is 0 Å². The van der Waals surface area contributed by atoms with E-state index in [1.165, 1.54) is 0 Å². The molecular formula is C6H9NO3S. The molecule has 1 aliphatic heterocycles. The Bertz CT molecular complexity index is 194. The first-order chi connectivity index (χ1) is 5.15. The third-order valence-corrected chi connectivity index (χ3v) is 2.81. The third kappa shape index (κ3) is 1.65. The van der Waals surface area contributed by atoms with Gasteiger partial charge in [0, 0.05) is 5.25 Å². The minimum atomic E-state index is -0.949. The summed E-state index contributed by atoms with van der Waals surface area (Å²) in [4.78, 5) is 21.2. The highest BCUT2D eigenvalue weighted by Gasteiger charge is 2.36. The number of aliphatic carboxylic acids is 1. The van der Waals surface area contributed by atoms with Crippen LogP contribution in [0.3, 0.4) is 0 Å². The Morgan fingerprint density at radius 1 is 1.82 bits per heavy atom. The Morgan fingerprint density at radius 3 is 2.82 bits per heavy atom. The second-order valence-corrected chi connectivity index (χ2v) is 3.52. The lowest BCUT2D eigenvalue weighted by molar-refractivity contribution is -0.139. The van der Waals surface area contributed by atoms with Gasteiger partial charge >= 0.3 is 5.97 Å². The van der Waals surface area contributed by atoms with E-state index in [9.17, 15) is 9.59 Å². The van der Waals surface area contributed by atoms with Crippen LogP contribution >= 0.6 is 11.8 Å². The number of nitrogens with one attached hydrogen (secondary N) is 1. The van der Waals surface area contributed by atoms with Crippen LogP contribution in [0.1, 0.15) is 13.3 Å². The molecule has 2 atom stereocenters. The lowest BCUT2D eigenvalue weighted by Gasteiger charge is -2.09. The van der Waals surface area contributed by atoms with Crippen molar-refractivity contribution in [2.45, 2.75) is 24.6 Å². The largest absolute Gasteiger partial charge is 0.480 e. The van der Waals surface area contributed by atoms with Crippen LogP contribution in [0.2, 0.25) is 0 Å². The molecule has 1 saturated heterocycles. The smallest absolute Gasteiger partial charge is 0.327 e. The Balaban J connectivity index is 2.64. The molecule has 1 aliphatic rings. The quantitative estimate of drug-likeness (QED) is 0.647. The first-order valence-electron chi connectivity index (χ1n) is 3.35. The first kappa shape index (κ1) is 8.39. The van der Waals surface area contributed by atoms with E-state index in [0.717, 1.165) is 11.8 Å². The molecule has 0 aromatic carbocycles. The number of carbonyl (C=O) groups excluding carboxylic acids is 1. The van der Waals surface area contributed by atoms with Crippen LogP contribution in [-0.4, -0.2) is 27.6 Å². The number of hydrogen-bond donors (Lipinski definition) is 2. The minimum Gasteiger partial charge on any atom is -0.480 e. The summed E-state index contributed by atoms with van der Waals surface area (Å²) in [6.45, 7) is 1.87. The first-order valence-corrected chi connectivity index (χ1v) is 4.23. The van der Waals surface area contributed by atoms with Crippen molar-refractivity contribution in [2.24, 2.45) is 0 Å². The summed E-state index contributed by atoms with van der Waals surface area (Å²) in [5.41, 5.74) is 0. The van der Waals surface area contributed by atoms with Crippen molar-refractivity contribution in [2.75, 3.05) is 0 Å². The molecule has 2 N–H and O–H groups in total.